The van der Waals surface area contributed by atoms with Gasteiger partial charge in [0.1, 0.15) is 12.9 Å². The van der Waals surface area contributed by atoms with Crippen molar-refractivity contribution in [1.82, 2.24) is 0 Å². The summed E-state index contributed by atoms with van der Waals surface area (Å²) in [4.78, 5) is 10.9. The van der Waals surface area contributed by atoms with Crippen LogP contribution in [0.25, 0.3) is 0 Å². The summed E-state index contributed by atoms with van der Waals surface area (Å²) in [5, 5.41) is 0. The van der Waals surface area contributed by atoms with Crippen LogP contribution in [0.4, 0.5) is 0 Å². The molecule has 0 unspecified atom stereocenters. The van der Waals surface area contributed by atoms with Crippen LogP contribution >= 0.6 is 0 Å². The van der Waals surface area contributed by atoms with E-state index in [-0.39, 0.29) is 0 Å². The minimum atomic E-state index is 0.343. The molecule has 92 valence electrons. The quantitative estimate of drug-likeness (QED) is 0.756. The third-order valence-electron chi connectivity index (χ3n) is 2.63. The van der Waals surface area contributed by atoms with Crippen LogP contribution in [0, 0.1) is 0 Å². The molecule has 0 radical (unpaired) electrons. The third-order valence-corrected chi connectivity index (χ3v) is 2.63. The Morgan fingerprint density at radius 3 is 2.39 bits per heavy atom. The lowest BCUT2D eigenvalue weighted by molar-refractivity contribution is 0.112. The first kappa shape index (κ1) is 12.2. The van der Waals surface area contributed by atoms with Crippen LogP contribution in [0.1, 0.15) is 15.9 Å². The topological polar surface area (TPSA) is 35.5 Å². The highest BCUT2D eigenvalue weighted by Gasteiger charge is 2.05. The molecule has 18 heavy (non-hydrogen) atoms. The number of para-hydroxylation sites is 2. The fourth-order valence-electron chi connectivity index (χ4n) is 1.67. The molecule has 2 rings (SSSR count). The summed E-state index contributed by atoms with van der Waals surface area (Å²) in [6.45, 7) is 0.343. The molecule has 0 saturated carbocycles. The van der Waals surface area contributed by atoms with Gasteiger partial charge in [0.15, 0.2) is 11.5 Å². The van der Waals surface area contributed by atoms with E-state index in [4.69, 9.17) is 9.47 Å². The van der Waals surface area contributed by atoms with Gasteiger partial charge in [0.25, 0.3) is 0 Å². The summed E-state index contributed by atoms with van der Waals surface area (Å²) in [6, 6.07) is 14.8. The van der Waals surface area contributed by atoms with E-state index >= 15 is 0 Å². The number of ether oxygens (including phenoxy) is 2. The van der Waals surface area contributed by atoms with Gasteiger partial charge in [0.05, 0.1) is 7.11 Å². The maximum absolute atomic E-state index is 10.9. The lowest BCUT2D eigenvalue weighted by Gasteiger charge is -2.11. The summed E-state index contributed by atoms with van der Waals surface area (Å²) in [5.41, 5.74) is 1.51. The maximum atomic E-state index is 10.9. The van der Waals surface area contributed by atoms with Crippen LogP contribution in [-0.2, 0) is 6.61 Å². The van der Waals surface area contributed by atoms with Crippen LogP contribution in [0.5, 0.6) is 11.5 Å². The van der Waals surface area contributed by atoms with Crippen molar-refractivity contribution in [2.75, 3.05) is 7.11 Å². The highest BCUT2D eigenvalue weighted by molar-refractivity contribution is 5.77. The number of benzene rings is 2. The van der Waals surface area contributed by atoms with Crippen molar-refractivity contribution in [1.29, 1.82) is 0 Å². The molecule has 3 nitrogen and oxygen atoms in total. The van der Waals surface area contributed by atoms with Crippen molar-refractivity contribution in [3.8, 4) is 11.5 Å². The monoisotopic (exact) mass is 242 g/mol. The number of hydrogen-bond donors (Lipinski definition) is 0. The largest absolute Gasteiger partial charge is 0.493 e. The molecule has 0 aromatic heterocycles. The predicted octanol–water partition coefficient (Wildman–Crippen LogP) is 3.09. The molecular formula is C15H14O3. The van der Waals surface area contributed by atoms with Crippen molar-refractivity contribution in [2.24, 2.45) is 0 Å². The lowest BCUT2D eigenvalue weighted by atomic mass is 10.1. The molecule has 0 spiro atoms. The maximum Gasteiger partial charge on any atom is 0.161 e. The van der Waals surface area contributed by atoms with Gasteiger partial charge in [0.2, 0.25) is 0 Å². The average molecular weight is 242 g/mol. The molecule has 0 aliphatic carbocycles. The smallest absolute Gasteiger partial charge is 0.161 e. The fraction of sp³-hybridized carbons (Fsp3) is 0.133. The van der Waals surface area contributed by atoms with E-state index in [2.05, 4.69) is 0 Å². The molecule has 0 heterocycles. The molecule has 0 fully saturated rings. The molecule has 0 N–H and O–H groups in total. The molecule has 3 heteroatoms. The van der Waals surface area contributed by atoms with Gasteiger partial charge < -0.3 is 9.47 Å². The molecule has 0 bridgehead atoms. The Kier molecular flexibility index (Phi) is 3.97. The van der Waals surface area contributed by atoms with Crippen molar-refractivity contribution >= 4 is 6.29 Å². The second-order valence-corrected chi connectivity index (χ2v) is 3.76. The summed E-state index contributed by atoms with van der Waals surface area (Å²) in [5.74, 6) is 1.35. The zero-order chi connectivity index (χ0) is 12.8. The SMILES string of the molecule is COc1ccccc1OCc1ccccc1C=O. The van der Waals surface area contributed by atoms with E-state index in [0.717, 1.165) is 11.8 Å². The second kappa shape index (κ2) is 5.87. The van der Waals surface area contributed by atoms with Crippen molar-refractivity contribution in [3.05, 3.63) is 59.7 Å². The highest BCUT2D eigenvalue weighted by Crippen LogP contribution is 2.26. The molecule has 2 aromatic carbocycles. The van der Waals surface area contributed by atoms with Gasteiger partial charge in [-0.05, 0) is 17.7 Å². The van der Waals surface area contributed by atoms with Crippen LogP contribution in [0.2, 0.25) is 0 Å². The standard InChI is InChI=1S/C15H14O3/c1-17-14-8-4-5-9-15(14)18-11-13-7-3-2-6-12(13)10-16/h2-10H,11H2,1H3. The Morgan fingerprint density at radius 1 is 1.00 bits per heavy atom. The molecule has 0 atom stereocenters. The predicted molar refractivity (Wildman–Crippen MR) is 69.2 cm³/mol. The first-order valence-corrected chi connectivity index (χ1v) is 5.64. The number of rotatable bonds is 5. The van der Waals surface area contributed by atoms with Gasteiger partial charge >= 0.3 is 0 Å². The van der Waals surface area contributed by atoms with E-state index in [0.29, 0.717) is 23.7 Å². The zero-order valence-corrected chi connectivity index (χ0v) is 10.1. The Balaban J connectivity index is 2.14. The number of carbonyl (C=O) groups is 1. The van der Waals surface area contributed by atoms with Crippen molar-refractivity contribution in [2.45, 2.75) is 6.61 Å². The Bertz CT molecular complexity index is 535. The van der Waals surface area contributed by atoms with Crippen LogP contribution < -0.4 is 9.47 Å². The minimum Gasteiger partial charge on any atom is -0.493 e. The van der Waals surface area contributed by atoms with Gasteiger partial charge in [-0.25, -0.2) is 0 Å². The van der Waals surface area contributed by atoms with E-state index in [1.807, 2.05) is 42.5 Å². The molecule has 0 aliphatic heterocycles. The van der Waals surface area contributed by atoms with Gasteiger partial charge in [-0.15, -0.1) is 0 Å². The highest BCUT2D eigenvalue weighted by atomic mass is 16.5. The first-order chi connectivity index (χ1) is 8.85. The third kappa shape index (κ3) is 2.69. The summed E-state index contributed by atoms with van der Waals surface area (Å²) in [7, 11) is 1.60. The number of hydrogen-bond acceptors (Lipinski definition) is 3. The second-order valence-electron chi connectivity index (χ2n) is 3.76. The van der Waals surface area contributed by atoms with Gasteiger partial charge in [-0.1, -0.05) is 36.4 Å². The van der Waals surface area contributed by atoms with Gasteiger partial charge in [-0.3, -0.25) is 4.79 Å². The summed E-state index contributed by atoms with van der Waals surface area (Å²) in [6.07, 6.45) is 0.834. The Hall–Kier alpha value is -2.29. The fourth-order valence-corrected chi connectivity index (χ4v) is 1.67. The normalized spacial score (nSPS) is 9.83. The first-order valence-electron chi connectivity index (χ1n) is 5.64. The Morgan fingerprint density at radius 2 is 1.67 bits per heavy atom. The van der Waals surface area contributed by atoms with Gasteiger partial charge in [0, 0.05) is 5.56 Å². The molecule has 0 saturated heterocycles. The lowest BCUT2D eigenvalue weighted by Crippen LogP contribution is -2.00. The Labute approximate surface area is 106 Å². The van der Waals surface area contributed by atoms with E-state index < -0.39 is 0 Å². The van der Waals surface area contributed by atoms with Crippen molar-refractivity contribution in [3.63, 3.8) is 0 Å². The van der Waals surface area contributed by atoms with E-state index in [1.165, 1.54) is 0 Å². The number of methoxy groups -OCH3 is 1. The average Bonchev–Trinajstić information content (AvgIpc) is 2.45. The summed E-state index contributed by atoms with van der Waals surface area (Å²) < 4.78 is 10.9. The zero-order valence-electron chi connectivity index (χ0n) is 10.1. The molecular weight excluding hydrogens is 228 g/mol. The number of aldehydes is 1. The number of carbonyl (C=O) groups excluding carboxylic acids is 1. The molecule has 0 amide bonds. The summed E-state index contributed by atoms with van der Waals surface area (Å²) >= 11 is 0. The van der Waals surface area contributed by atoms with Gasteiger partial charge in [-0.2, -0.15) is 0 Å². The van der Waals surface area contributed by atoms with E-state index in [9.17, 15) is 4.79 Å². The van der Waals surface area contributed by atoms with Crippen LogP contribution in [0.15, 0.2) is 48.5 Å². The molecule has 0 aliphatic rings. The molecule has 2 aromatic rings. The van der Waals surface area contributed by atoms with Crippen LogP contribution in [0.3, 0.4) is 0 Å². The van der Waals surface area contributed by atoms with Crippen LogP contribution in [-0.4, -0.2) is 13.4 Å². The van der Waals surface area contributed by atoms with E-state index in [1.54, 1.807) is 13.2 Å². The van der Waals surface area contributed by atoms with Crippen molar-refractivity contribution < 1.29 is 14.3 Å². The minimum absolute atomic E-state index is 0.343.